The molecule has 1 unspecified atom stereocenters. The van der Waals surface area contributed by atoms with Crippen molar-refractivity contribution in [2.45, 2.75) is 44.3 Å². The molecular weight excluding hydrogens is 423 g/mol. The summed E-state index contributed by atoms with van der Waals surface area (Å²) in [5, 5.41) is 12.5. The maximum Gasteiger partial charge on any atom is 0.408 e. The number of hydrogen-bond donors (Lipinski definition) is 1. The lowest BCUT2D eigenvalue weighted by molar-refractivity contribution is -0.153. The van der Waals surface area contributed by atoms with Gasteiger partial charge in [-0.1, -0.05) is 0 Å². The largest absolute Gasteiger partial charge is 0.408 e. The van der Waals surface area contributed by atoms with Crippen LogP contribution in [0.4, 0.5) is 24.9 Å². The summed E-state index contributed by atoms with van der Waals surface area (Å²) in [6.45, 7) is 2.82. The molecule has 1 N–H and O–H groups in total. The van der Waals surface area contributed by atoms with Crippen molar-refractivity contribution in [3.05, 3.63) is 33.0 Å². The Balaban J connectivity index is 1.75. The number of hydrogen-bond acceptors (Lipinski definition) is 8. The van der Waals surface area contributed by atoms with Gasteiger partial charge < -0.3 is 19.6 Å². The number of aliphatic hydroxyl groups excluding tert-OH is 1. The summed E-state index contributed by atoms with van der Waals surface area (Å²) < 4.78 is 48.1. The molecular formula is C18H22F3N5O3S. The molecule has 30 heavy (non-hydrogen) atoms. The zero-order valence-electron chi connectivity index (χ0n) is 16.2. The SMILES string of the molecule is C[C@@H]1COCCN1c1cc(=O)n2c(n1)N(CC(O)c1nccs1)[C@H](C(F)(F)F)CC2. The van der Waals surface area contributed by atoms with Crippen LogP contribution in [0.5, 0.6) is 0 Å². The molecule has 12 heteroatoms. The van der Waals surface area contributed by atoms with Crippen molar-refractivity contribution in [2.75, 3.05) is 36.1 Å². The second-order valence-corrected chi connectivity index (χ2v) is 8.33. The average molecular weight is 445 g/mol. The molecule has 0 spiro atoms. The molecule has 4 rings (SSSR count). The highest BCUT2D eigenvalue weighted by Crippen LogP contribution is 2.35. The first-order valence-electron chi connectivity index (χ1n) is 9.63. The first kappa shape index (κ1) is 21.1. The Morgan fingerprint density at radius 2 is 2.20 bits per heavy atom. The van der Waals surface area contributed by atoms with E-state index in [4.69, 9.17) is 4.74 Å². The molecule has 0 aromatic carbocycles. The maximum absolute atomic E-state index is 13.8. The number of rotatable bonds is 4. The number of anilines is 2. The highest BCUT2D eigenvalue weighted by atomic mass is 32.1. The Morgan fingerprint density at radius 1 is 1.40 bits per heavy atom. The van der Waals surface area contributed by atoms with E-state index in [1.54, 1.807) is 5.38 Å². The van der Waals surface area contributed by atoms with Gasteiger partial charge in [-0.25, -0.2) is 4.98 Å². The van der Waals surface area contributed by atoms with Crippen molar-refractivity contribution in [3.63, 3.8) is 0 Å². The van der Waals surface area contributed by atoms with Crippen molar-refractivity contribution < 1.29 is 23.0 Å². The number of halogens is 3. The summed E-state index contributed by atoms with van der Waals surface area (Å²) in [5.74, 6) is 0.235. The average Bonchev–Trinajstić information content (AvgIpc) is 3.23. The van der Waals surface area contributed by atoms with E-state index in [1.165, 1.54) is 16.8 Å². The lowest BCUT2D eigenvalue weighted by Crippen LogP contribution is -2.54. The quantitative estimate of drug-likeness (QED) is 0.768. The number of alkyl halides is 3. The van der Waals surface area contributed by atoms with E-state index in [0.29, 0.717) is 30.6 Å². The Morgan fingerprint density at radius 3 is 2.87 bits per heavy atom. The maximum atomic E-state index is 13.8. The number of β-amino-alcohol motifs (C(OH)–C–C–N with tert-alkyl or cyclic N) is 1. The van der Waals surface area contributed by atoms with Gasteiger partial charge >= 0.3 is 6.18 Å². The zero-order chi connectivity index (χ0) is 21.5. The van der Waals surface area contributed by atoms with E-state index in [2.05, 4.69) is 9.97 Å². The monoisotopic (exact) mass is 445 g/mol. The summed E-state index contributed by atoms with van der Waals surface area (Å²) >= 11 is 1.16. The van der Waals surface area contributed by atoms with Gasteiger partial charge in [0.15, 0.2) is 0 Å². The van der Waals surface area contributed by atoms with Gasteiger partial charge in [-0.3, -0.25) is 9.36 Å². The molecule has 2 aliphatic heterocycles. The molecule has 2 aliphatic rings. The van der Waals surface area contributed by atoms with Gasteiger partial charge in [-0.05, 0) is 13.3 Å². The fourth-order valence-electron chi connectivity index (χ4n) is 3.89. The number of morpholine rings is 1. The minimum atomic E-state index is -4.53. The molecule has 4 heterocycles. The standard InChI is InChI=1S/C18H22F3N5O3S/c1-11-10-29-6-5-24(11)14-8-15(28)25-4-2-13(18(19,20)21)26(17(25)23-14)9-12(27)16-22-3-7-30-16/h3,7-8,11-13,27H,2,4-6,9-10H2,1H3/t11-,12?,13+/m1/s1. The summed E-state index contributed by atoms with van der Waals surface area (Å²) in [7, 11) is 0. The van der Waals surface area contributed by atoms with Crippen LogP contribution in [0, 0.1) is 0 Å². The predicted molar refractivity (Wildman–Crippen MR) is 105 cm³/mol. The minimum Gasteiger partial charge on any atom is -0.384 e. The van der Waals surface area contributed by atoms with Crippen LogP contribution in [0.15, 0.2) is 22.4 Å². The normalized spacial score (nSPS) is 23.4. The van der Waals surface area contributed by atoms with Crippen LogP contribution in [0.25, 0.3) is 0 Å². The molecule has 164 valence electrons. The van der Waals surface area contributed by atoms with E-state index in [1.807, 2.05) is 11.8 Å². The second-order valence-electron chi connectivity index (χ2n) is 7.41. The number of ether oxygens (including phenoxy) is 1. The molecule has 0 saturated carbocycles. The molecule has 0 radical (unpaired) electrons. The van der Waals surface area contributed by atoms with Gasteiger partial charge in [0.25, 0.3) is 5.56 Å². The van der Waals surface area contributed by atoms with Crippen molar-refractivity contribution in [2.24, 2.45) is 0 Å². The molecule has 2 aromatic heterocycles. The third kappa shape index (κ3) is 4.03. The summed E-state index contributed by atoms with van der Waals surface area (Å²) in [4.78, 5) is 24.0. The van der Waals surface area contributed by atoms with E-state index >= 15 is 0 Å². The van der Waals surface area contributed by atoms with Crippen molar-refractivity contribution in [3.8, 4) is 0 Å². The molecule has 2 aromatic rings. The number of fused-ring (bicyclic) bond motifs is 1. The molecule has 0 amide bonds. The molecule has 1 saturated heterocycles. The Bertz CT molecular complexity index is 936. The Kier molecular flexibility index (Phi) is 5.73. The highest BCUT2D eigenvalue weighted by molar-refractivity contribution is 7.09. The van der Waals surface area contributed by atoms with E-state index in [-0.39, 0.29) is 31.5 Å². The van der Waals surface area contributed by atoms with Gasteiger partial charge in [0.05, 0.1) is 25.8 Å². The van der Waals surface area contributed by atoms with Gasteiger partial charge in [0.2, 0.25) is 5.95 Å². The lowest BCUT2D eigenvalue weighted by atomic mass is 10.1. The third-order valence-electron chi connectivity index (χ3n) is 5.38. The van der Waals surface area contributed by atoms with Crippen molar-refractivity contribution in [1.82, 2.24) is 14.5 Å². The van der Waals surface area contributed by atoms with Crippen LogP contribution in [-0.4, -0.2) is 64.2 Å². The van der Waals surface area contributed by atoms with Crippen LogP contribution in [-0.2, 0) is 11.3 Å². The third-order valence-corrected chi connectivity index (χ3v) is 6.26. The minimum absolute atomic E-state index is 0.0648. The van der Waals surface area contributed by atoms with Crippen molar-refractivity contribution in [1.29, 1.82) is 0 Å². The molecule has 0 aliphatic carbocycles. The zero-order valence-corrected chi connectivity index (χ0v) is 17.1. The van der Waals surface area contributed by atoms with Crippen LogP contribution in [0.3, 0.4) is 0 Å². The number of nitrogens with zero attached hydrogens (tertiary/aromatic N) is 5. The van der Waals surface area contributed by atoms with Crippen LogP contribution in [0.1, 0.15) is 24.5 Å². The molecule has 0 bridgehead atoms. The summed E-state index contributed by atoms with van der Waals surface area (Å²) in [6, 6.07) is -0.560. The predicted octanol–water partition coefficient (Wildman–Crippen LogP) is 1.80. The van der Waals surface area contributed by atoms with Crippen LogP contribution >= 0.6 is 11.3 Å². The number of aromatic nitrogens is 3. The molecule has 8 nitrogen and oxygen atoms in total. The Labute approximate surface area is 174 Å². The number of thiazole rings is 1. The number of aliphatic hydroxyl groups is 1. The van der Waals surface area contributed by atoms with Gasteiger partial charge in [-0.15, -0.1) is 11.3 Å². The Hall–Kier alpha value is -2.18. The first-order valence-corrected chi connectivity index (χ1v) is 10.5. The fourth-order valence-corrected chi connectivity index (χ4v) is 4.50. The van der Waals surface area contributed by atoms with Crippen molar-refractivity contribution >= 4 is 23.1 Å². The lowest BCUT2D eigenvalue weighted by Gasteiger charge is -2.41. The molecule has 1 fully saturated rings. The molecule has 3 atom stereocenters. The second kappa shape index (κ2) is 8.16. The van der Waals surface area contributed by atoms with Gasteiger partial charge in [0, 0.05) is 30.7 Å². The van der Waals surface area contributed by atoms with Crippen LogP contribution < -0.4 is 15.4 Å². The highest BCUT2D eigenvalue weighted by Gasteiger charge is 2.47. The fraction of sp³-hybridized carbons (Fsp3) is 0.611. The topological polar surface area (TPSA) is 83.7 Å². The summed E-state index contributed by atoms with van der Waals surface area (Å²) in [5.41, 5.74) is -0.414. The van der Waals surface area contributed by atoms with E-state index in [0.717, 1.165) is 16.2 Å². The first-order chi connectivity index (χ1) is 14.3. The smallest absolute Gasteiger partial charge is 0.384 e. The van der Waals surface area contributed by atoms with Crippen LogP contribution in [0.2, 0.25) is 0 Å². The van der Waals surface area contributed by atoms with E-state index < -0.39 is 23.9 Å². The van der Waals surface area contributed by atoms with Gasteiger partial charge in [-0.2, -0.15) is 18.2 Å². The van der Waals surface area contributed by atoms with Gasteiger partial charge in [0.1, 0.15) is 23.0 Å². The van der Waals surface area contributed by atoms with E-state index in [9.17, 15) is 23.1 Å². The summed E-state index contributed by atoms with van der Waals surface area (Å²) in [6.07, 6.45) is -4.58.